The molecule has 1 fully saturated rings. The number of hydrogen-bond donors (Lipinski definition) is 3. The first-order valence-electron chi connectivity index (χ1n) is 5.70. The van der Waals surface area contributed by atoms with Gasteiger partial charge in [-0.25, -0.2) is 4.79 Å². The highest BCUT2D eigenvalue weighted by molar-refractivity contribution is 5.74. The Kier molecular flexibility index (Phi) is 4.39. The molecule has 4 nitrogen and oxygen atoms in total. The second-order valence-electron chi connectivity index (χ2n) is 5.03. The summed E-state index contributed by atoms with van der Waals surface area (Å²) in [4.78, 5) is 11.4. The van der Waals surface area contributed by atoms with Crippen LogP contribution in [0.25, 0.3) is 0 Å². The molecule has 2 amide bonds. The third kappa shape index (κ3) is 4.51. The summed E-state index contributed by atoms with van der Waals surface area (Å²) >= 11 is 0. The minimum absolute atomic E-state index is 0.0517. The van der Waals surface area contributed by atoms with Gasteiger partial charge in [-0.3, -0.25) is 0 Å². The van der Waals surface area contributed by atoms with Crippen LogP contribution in [0, 0.1) is 5.92 Å². The molecule has 0 aliphatic heterocycles. The van der Waals surface area contributed by atoms with Crippen LogP contribution in [0.1, 0.15) is 39.5 Å². The summed E-state index contributed by atoms with van der Waals surface area (Å²) in [6, 6.07) is -0.180. The monoisotopic (exact) mass is 214 g/mol. The third-order valence-electron chi connectivity index (χ3n) is 2.87. The maximum absolute atomic E-state index is 11.4. The van der Waals surface area contributed by atoms with Crippen molar-refractivity contribution < 1.29 is 9.90 Å². The predicted octanol–water partition coefficient (Wildman–Crippen LogP) is 1.25. The first-order chi connectivity index (χ1) is 7.03. The summed E-state index contributed by atoms with van der Waals surface area (Å²) in [5.41, 5.74) is -0.542. The molecule has 0 aromatic heterocycles. The Morgan fingerprint density at radius 3 is 2.53 bits per heavy atom. The molecule has 1 rings (SSSR count). The van der Waals surface area contributed by atoms with E-state index in [0.29, 0.717) is 5.92 Å². The van der Waals surface area contributed by atoms with E-state index in [4.69, 9.17) is 5.11 Å². The molecule has 0 atom stereocenters. The van der Waals surface area contributed by atoms with Gasteiger partial charge in [0.2, 0.25) is 0 Å². The summed E-state index contributed by atoms with van der Waals surface area (Å²) < 4.78 is 0. The van der Waals surface area contributed by atoms with Gasteiger partial charge in [-0.05, 0) is 32.6 Å². The zero-order valence-electron chi connectivity index (χ0n) is 9.68. The summed E-state index contributed by atoms with van der Waals surface area (Å²) in [7, 11) is 0. The molecular formula is C11H22N2O2. The van der Waals surface area contributed by atoms with Crippen LogP contribution in [0.15, 0.2) is 0 Å². The van der Waals surface area contributed by atoms with E-state index in [1.165, 1.54) is 25.7 Å². The number of rotatable bonds is 4. The summed E-state index contributed by atoms with van der Waals surface area (Å²) in [5, 5.41) is 14.6. The molecule has 0 radical (unpaired) electrons. The van der Waals surface area contributed by atoms with E-state index in [0.717, 1.165) is 6.54 Å². The first-order valence-corrected chi connectivity index (χ1v) is 5.70. The van der Waals surface area contributed by atoms with Gasteiger partial charge in [-0.2, -0.15) is 0 Å². The van der Waals surface area contributed by atoms with Crippen molar-refractivity contribution in [2.24, 2.45) is 5.92 Å². The SMILES string of the molecule is CC(C)(CO)NC(=O)NCC1CCCC1. The van der Waals surface area contributed by atoms with Gasteiger partial charge >= 0.3 is 6.03 Å². The first kappa shape index (κ1) is 12.3. The number of carbonyl (C=O) groups excluding carboxylic acids is 1. The molecule has 0 saturated heterocycles. The van der Waals surface area contributed by atoms with Crippen LogP contribution in [0.5, 0.6) is 0 Å². The maximum Gasteiger partial charge on any atom is 0.315 e. The van der Waals surface area contributed by atoms with Crippen molar-refractivity contribution in [3.05, 3.63) is 0 Å². The van der Waals surface area contributed by atoms with Crippen LogP contribution in [-0.4, -0.2) is 29.8 Å². The quantitative estimate of drug-likeness (QED) is 0.659. The van der Waals surface area contributed by atoms with E-state index >= 15 is 0 Å². The van der Waals surface area contributed by atoms with Crippen molar-refractivity contribution >= 4 is 6.03 Å². The highest BCUT2D eigenvalue weighted by Crippen LogP contribution is 2.23. The van der Waals surface area contributed by atoms with Crippen molar-refractivity contribution in [2.45, 2.75) is 45.1 Å². The van der Waals surface area contributed by atoms with Crippen molar-refractivity contribution in [3.8, 4) is 0 Å². The Morgan fingerprint density at radius 1 is 1.40 bits per heavy atom. The molecule has 0 bridgehead atoms. The van der Waals surface area contributed by atoms with E-state index in [2.05, 4.69) is 10.6 Å². The van der Waals surface area contributed by atoms with Crippen molar-refractivity contribution in [2.75, 3.05) is 13.2 Å². The Hall–Kier alpha value is -0.770. The van der Waals surface area contributed by atoms with Gasteiger partial charge in [0.25, 0.3) is 0 Å². The van der Waals surface area contributed by atoms with Crippen LogP contribution in [-0.2, 0) is 0 Å². The second-order valence-corrected chi connectivity index (χ2v) is 5.03. The van der Waals surface area contributed by atoms with E-state index in [1.807, 2.05) is 0 Å². The van der Waals surface area contributed by atoms with Crippen molar-refractivity contribution in [1.29, 1.82) is 0 Å². The number of hydrogen-bond acceptors (Lipinski definition) is 2. The molecule has 1 saturated carbocycles. The fraction of sp³-hybridized carbons (Fsp3) is 0.909. The average Bonchev–Trinajstić information content (AvgIpc) is 2.66. The Balaban J connectivity index is 2.18. The molecule has 1 aliphatic rings. The average molecular weight is 214 g/mol. The van der Waals surface area contributed by atoms with Crippen molar-refractivity contribution in [1.82, 2.24) is 10.6 Å². The molecule has 0 spiro atoms. The summed E-state index contributed by atoms with van der Waals surface area (Å²) in [5.74, 6) is 0.646. The van der Waals surface area contributed by atoms with Crippen molar-refractivity contribution in [3.63, 3.8) is 0 Å². The Bertz CT molecular complexity index is 211. The Morgan fingerprint density at radius 2 is 2.00 bits per heavy atom. The van der Waals surface area contributed by atoms with Crippen LogP contribution >= 0.6 is 0 Å². The number of nitrogens with one attached hydrogen (secondary N) is 2. The fourth-order valence-corrected chi connectivity index (χ4v) is 1.84. The van der Waals surface area contributed by atoms with Crippen LogP contribution < -0.4 is 10.6 Å². The van der Waals surface area contributed by atoms with E-state index in [1.54, 1.807) is 13.8 Å². The highest BCUT2D eigenvalue weighted by Gasteiger charge is 2.20. The largest absolute Gasteiger partial charge is 0.394 e. The molecule has 0 aromatic carbocycles. The zero-order chi connectivity index (χ0) is 11.3. The molecule has 4 heteroatoms. The highest BCUT2D eigenvalue weighted by atomic mass is 16.3. The number of urea groups is 1. The van der Waals surface area contributed by atoms with Gasteiger partial charge in [0, 0.05) is 6.54 Å². The number of amides is 2. The number of carbonyl (C=O) groups is 1. The summed E-state index contributed by atoms with van der Waals surface area (Å²) in [6.45, 7) is 4.29. The van der Waals surface area contributed by atoms with Gasteiger partial charge < -0.3 is 15.7 Å². The normalized spacial score (nSPS) is 17.8. The number of aliphatic hydroxyl groups excluding tert-OH is 1. The lowest BCUT2D eigenvalue weighted by molar-refractivity contribution is 0.181. The molecule has 1 aliphatic carbocycles. The topological polar surface area (TPSA) is 61.4 Å². The molecule has 15 heavy (non-hydrogen) atoms. The van der Waals surface area contributed by atoms with Crippen LogP contribution in [0.2, 0.25) is 0 Å². The van der Waals surface area contributed by atoms with Gasteiger partial charge in [0.1, 0.15) is 0 Å². The zero-order valence-corrected chi connectivity index (χ0v) is 9.68. The minimum Gasteiger partial charge on any atom is -0.394 e. The van der Waals surface area contributed by atoms with Crippen LogP contribution in [0.3, 0.4) is 0 Å². The summed E-state index contributed by atoms with van der Waals surface area (Å²) in [6.07, 6.45) is 5.03. The molecule has 0 aromatic rings. The minimum atomic E-state index is -0.542. The van der Waals surface area contributed by atoms with E-state index < -0.39 is 5.54 Å². The molecule has 0 unspecified atom stereocenters. The third-order valence-corrected chi connectivity index (χ3v) is 2.87. The molecule has 0 heterocycles. The van der Waals surface area contributed by atoms with E-state index in [9.17, 15) is 4.79 Å². The van der Waals surface area contributed by atoms with Gasteiger partial charge in [0.15, 0.2) is 0 Å². The van der Waals surface area contributed by atoms with Gasteiger partial charge in [-0.1, -0.05) is 12.8 Å². The Labute approximate surface area is 91.4 Å². The molecule has 88 valence electrons. The van der Waals surface area contributed by atoms with Crippen LogP contribution in [0.4, 0.5) is 4.79 Å². The standard InChI is InChI=1S/C11H22N2O2/c1-11(2,8-14)13-10(15)12-7-9-5-3-4-6-9/h9,14H,3-8H2,1-2H3,(H2,12,13,15). The smallest absolute Gasteiger partial charge is 0.315 e. The van der Waals surface area contributed by atoms with Gasteiger partial charge in [-0.15, -0.1) is 0 Å². The fourth-order valence-electron chi connectivity index (χ4n) is 1.84. The van der Waals surface area contributed by atoms with E-state index in [-0.39, 0.29) is 12.6 Å². The molecule has 3 N–H and O–H groups in total. The second kappa shape index (κ2) is 5.35. The molecular weight excluding hydrogens is 192 g/mol. The number of aliphatic hydroxyl groups is 1. The lowest BCUT2D eigenvalue weighted by atomic mass is 10.1. The predicted molar refractivity (Wildman–Crippen MR) is 59.7 cm³/mol. The van der Waals surface area contributed by atoms with Gasteiger partial charge in [0.05, 0.1) is 12.1 Å². The lowest BCUT2D eigenvalue weighted by Crippen LogP contribution is -2.51. The lowest BCUT2D eigenvalue weighted by Gasteiger charge is -2.24. The maximum atomic E-state index is 11.4.